The lowest BCUT2D eigenvalue weighted by Crippen LogP contribution is -2.50. The number of anilines is 1. The summed E-state index contributed by atoms with van der Waals surface area (Å²) < 4.78 is 5.23. The Morgan fingerprint density at radius 3 is 2.35 bits per heavy atom. The number of carbonyl (C=O) groups excluding carboxylic acids is 2. The zero-order valence-electron chi connectivity index (χ0n) is 18.0. The number of fused-ring (bicyclic) bond motifs is 1. The van der Waals surface area contributed by atoms with Crippen LogP contribution >= 0.6 is 0 Å². The second-order valence-corrected chi connectivity index (χ2v) is 7.69. The molecular weight excluding hydrogens is 398 g/mol. The maximum Gasteiger partial charge on any atom is 0.336 e. The second-order valence-electron chi connectivity index (χ2n) is 7.69. The summed E-state index contributed by atoms with van der Waals surface area (Å²) in [6.07, 6.45) is 3.90. The quantitative estimate of drug-likeness (QED) is 0.248. The maximum atomic E-state index is 12.9. The summed E-state index contributed by atoms with van der Waals surface area (Å²) in [6.45, 7) is 2.87. The van der Waals surface area contributed by atoms with Crippen LogP contribution in [0.3, 0.4) is 0 Å². The van der Waals surface area contributed by atoms with Crippen molar-refractivity contribution >= 4 is 28.5 Å². The Hall–Kier alpha value is -2.75. The van der Waals surface area contributed by atoms with E-state index in [0.717, 1.165) is 30.2 Å². The fourth-order valence-electron chi connectivity index (χ4n) is 3.31. The Kier molecular flexibility index (Phi) is 9.64. The molecule has 0 aliphatic carbocycles. The van der Waals surface area contributed by atoms with Gasteiger partial charge in [0.25, 0.3) is 0 Å². The summed E-state index contributed by atoms with van der Waals surface area (Å²) in [4.78, 5) is 37.0. The number of unbranched alkanes of at least 4 members (excludes halogenated alkanes) is 2. The summed E-state index contributed by atoms with van der Waals surface area (Å²) in [6, 6.07) is 5.07. The highest BCUT2D eigenvalue weighted by Crippen LogP contribution is 2.21. The van der Waals surface area contributed by atoms with Crippen LogP contribution in [0.4, 0.5) is 5.69 Å². The molecule has 2 amide bonds. The number of hydrogen-bond acceptors (Lipinski definition) is 7. The van der Waals surface area contributed by atoms with Crippen molar-refractivity contribution in [1.82, 2.24) is 5.32 Å². The van der Waals surface area contributed by atoms with Crippen molar-refractivity contribution in [1.29, 1.82) is 0 Å². The number of rotatable bonds is 12. The van der Waals surface area contributed by atoms with E-state index in [1.54, 1.807) is 18.2 Å². The Morgan fingerprint density at radius 2 is 1.68 bits per heavy atom. The van der Waals surface area contributed by atoms with Crippen molar-refractivity contribution in [2.45, 2.75) is 57.5 Å². The summed E-state index contributed by atoms with van der Waals surface area (Å²) in [5.41, 5.74) is 18.2. The van der Waals surface area contributed by atoms with Gasteiger partial charge in [-0.05, 0) is 69.8 Å². The van der Waals surface area contributed by atoms with Gasteiger partial charge in [-0.3, -0.25) is 9.59 Å². The first-order valence-corrected chi connectivity index (χ1v) is 10.7. The molecule has 1 aromatic carbocycles. The molecule has 2 atom stereocenters. The second kappa shape index (κ2) is 12.2. The Labute approximate surface area is 181 Å². The molecule has 2 rings (SSSR count). The number of carbonyl (C=O) groups is 2. The zero-order chi connectivity index (χ0) is 22.8. The third kappa shape index (κ3) is 7.46. The fraction of sp³-hybridized carbons (Fsp3) is 0.500. The molecule has 8 N–H and O–H groups in total. The van der Waals surface area contributed by atoms with Gasteiger partial charge in [0.15, 0.2) is 0 Å². The molecule has 1 aromatic heterocycles. The molecule has 0 aliphatic heterocycles. The Bertz CT molecular complexity index is 943. The molecule has 31 heavy (non-hydrogen) atoms. The first kappa shape index (κ1) is 24.5. The van der Waals surface area contributed by atoms with E-state index < -0.39 is 17.7 Å². The van der Waals surface area contributed by atoms with Gasteiger partial charge in [-0.2, -0.15) is 0 Å². The van der Waals surface area contributed by atoms with Gasteiger partial charge in [-0.25, -0.2) is 4.79 Å². The van der Waals surface area contributed by atoms with Gasteiger partial charge in [0.1, 0.15) is 11.6 Å². The molecule has 0 bridgehead atoms. The molecule has 2 unspecified atom stereocenters. The van der Waals surface area contributed by atoms with Crippen LogP contribution in [0.2, 0.25) is 0 Å². The van der Waals surface area contributed by atoms with Crippen LogP contribution in [0.15, 0.2) is 33.5 Å². The lowest BCUT2D eigenvalue weighted by molar-refractivity contribution is -0.127. The predicted octanol–water partition coefficient (Wildman–Crippen LogP) is 1.11. The molecule has 9 nitrogen and oxygen atoms in total. The Balaban J connectivity index is 2.10. The summed E-state index contributed by atoms with van der Waals surface area (Å²) in [5, 5.41) is 6.33. The van der Waals surface area contributed by atoms with Crippen LogP contribution in [0.1, 0.15) is 44.1 Å². The van der Waals surface area contributed by atoms with Gasteiger partial charge >= 0.3 is 5.63 Å². The third-order valence-electron chi connectivity index (χ3n) is 5.10. The topological polar surface area (TPSA) is 166 Å². The predicted molar refractivity (Wildman–Crippen MR) is 122 cm³/mol. The number of nitrogens with two attached hydrogens (primary N) is 3. The largest absolute Gasteiger partial charge is 0.423 e. The van der Waals surface area contributed by atoms with Crippen molar-refractivity contribution in [2.24, 2.45) is 17.2 Å². The van der Waals surface area contributed by atoms with Crippen molar-refractivity contribution in [3.63, 3.8) is 0 Å². The zero-order valence-corrected chi connectivity index (χ0v) is 18.0. The molecule has 0 saturated heterocycles. The van der Waals surface area contributed by atoms with Crippen LogP contribution < -0.4 is 33.5 Å². The molecule has 170 valence electrons. The van der Waals surface area contributed by atoms with Gasteiger partial charge in [0.05, 0.1) is 6.04 Å². The van der Waals surface area contributed by atoms with Crippen LogP contribution in [0.5, 0.6) is 0 Å². The third-order valence-corrected chi connectivity index (χ3v) is 5.10. The van der Waals surface area contributed by atoms with Gasteiger partial charge in [-0.1, -0.05) is 6.42 Å². The van der Waals surface area contributed by atoms with Gasteiger partial charge in [-0.15, -0.1) is 0 Å². The average Bonchev–Trinajstić information content (AvgIpc) is 2.72. The number of aryl methyl sites for hydroxylation is 1. The minimum atomic E-state index is -0.750. The standard InChI is InChI=1S/C22H33N5O4/c1-14-12-20(28)31-19-13-15(8-9-16(14)19)26-22(30)18(7-3-5-11-24)27-21(29)17(25)6-2-4-10-23/h8-9,12-13,17-18H,2-7,10-11,23-25H2,1H3,(H,26,30)(H,27,29). The normalized spacial score (nSPS) is 13.0. The highest BCUT2D eigenvalue weighted by atomic mass is 16.4. The van der Waals surface area contributed by atoms with Gasteiger partial charge < -0.3 is 32.3 Å². The van der Waals surface area contributed by atoms with E-state index in [2.05, 4.69) is 10.6 Å². The molecule has 0 spiro atoms. The van der Waals surface area contributed by atoms with Crippen molar-refractivity contribution < 1.29 is 14.0 Å². The molecular formula is C22H33N5O4. The molecule has 2 aromatic rings. The van der Waals surface area contributed by atoms with Gasteiger partial charge in [0.2, 0.25) is 11.8 Å². The van der Waals surface area contributed by atoms with E-state index in [4.69, 9.17) is 21.6 Å². The van der Waals surface area contributed by atoms with Crippen LogP contribution in [-0.4, -0.2) is 37.0 Å². The number of hydrogen-bond donors (Lipinski definition) is 5. The first-order valence-electron chi connectivity index (χ1n) is 10.7. The minimum absolute atomic E-state index is 0.367. The summed E-state index contributed by atoms with van der Waals surface area (Å²) >= 11 is 0. The van der Waals surface area contributed by atoms with E-state index in [0.29, 0.717) is 43.6 Å². The SMILES string of the molecule is Cc1cc(=O)oc2cc(NC(=O)C(CCCCN)NC(=O)C(N)CCCCN)ccc12. The molecule has 9 heteroatoms. The van der Waals surface area contributed by atoms with E-state index in [-0.39, 0.29) is 11.8 Å². The first-order chi connectivity index (χ1) is 14.8. The van der Waals surface area contributed by atoms with E-state index in [9.17, 15) is 14.4 Å². The van der Waals surface area contributed by atoms with E-state index >= 15 is 0 Å². The molecule has 0 aliphatic rings. The highest BCUT2D eigenvalue weighted by Gasteiger charge is 2.23. The van der Waals surface area contributed by atoms with Crippen LogP contribution in [0.25, 0.3) is 11.0 Å². The molecule has 1 heterocycles. The lowest BCUT2D eigenvalue weighted by atomic mass is 10.1. The summed E-state index contributed by atoms with van der Waals surface area (Å²) in [7, 11) is 0. The fourth-order valence-corrected chi connectivity index (χ4v) is 3.31. The molecule has 0 saturated carbocycles. The molecule has 0 fully saturated rings. The van der Waals surface area contributed by atoms with Crippen LogP contribution in [-0.2, 0) is 9.59 Å². The van der Waals surface area contributed by atoms with Crippen molar-refractivity contribution in [3.8, 4) is 0 Å². The van der Waals surface area contributed by atoms with Crippen molar-refractivity contribution in [3.05, 3.63) is 40.2 Å². The number of benzene rings is 1. The van der Waals surface area contributed by atoms with Crippen molar-refractivity contribution in [2.75, 3.05) is 18.4 Å². The van der Waals surface area contributed by atoms with E-state index in [1.165, 1.54) is 6.07 Å². The minimum Gasteiger partial charge on any atom is -0.423 e. The monoisotopic (exact) mass is 431 g/mol. The average molecular weight is 432 g/mol. The smallest absolute Gasteiger partial charge is 0.336 e. The Morgan fingerprint density at radius 1 is 1.00 bits per heavy atom. The van der Waals surface area contributed by atoms with Crippen LogP contribution in [0, 0.1) is 6.92 Å². The van der Waals surface area contributed by atoms with Gasteiger partial charge in [0, 0.05) is 23.2 Å². The highest BCUT2D eigenvalue weighted by molar-refractivity contribution is 5.99. The summed E-state index contributed by atoms with van der Waals surface area (Å²) in [5.74, 6) is -0.737. The van der Waals surface area contributed by atoms with E-state index in [1.807, 2.05) is 6.92 Å². The number of nitrogens with one attached hydrogen (secondary N) is 2. The lowest BCUT2D eigenvalue weighted by Gasteiger charge is -2.21. The number of amides is 2. The molecule has 0 radical (unpaired) electrons. The maximum absolute atomic E-state index is 12.9.